The number of phenolic OH excluding ortho intramolecular Hbond substituents is 3. The van der Waals surface area contributed by atoms with E-state index in [0.29, 0.717) is 5.57 Å². The van der Waals surface area contributed by atoms with E-state index in [-0.39, 0.29) is 40.3 Å². The minimum atomic E-state index is -2.35. The first kappa shape index (κ1) is 74.2. The normalized spacial score (nSPS) is 29.3. The third-order valence-corrected chi connectivity index (χ3v) is 18.2. The van der Waals surface area contributed by atoms with E-state index in [1.807, 2.05) is 0 Å². The summed E-state index contributed by atoms with van der Waals surface area (Å²) in [6.07, 6.45) is -18.8. The van der Waals surface area contributed by atoms with Crippen molar-refractivity contribution in [1.82, 2.24) is 37.2 Å². The van der Waals surface area contributed by atoms with Gasteiger partial charge in [-0.2, -0.15) is 0 Å². The number of nitrogens with one attached hydrogen (secondary N) is 7. The summed E-state index contributed by atoms with van der Waals surface area (Å²) in [4.78, 5) is 117. The third kappa shape index (κ3) is 15.7. The molecule has 0 saturated carbocycles. The van der Waals surface area contributed by atoms with E-state index < -0.39 is 237 Å². The molecule has 11 bridgehead atoms. The Labute approximate surface area is 583 Å². The second kappa shape index (κ2) is 30.0. The summed E-state index contributed by atoms with van der Waals surface area (Å²) in [5, 5.41) is 130. The molecule has 7 heterocycles. The molecule has 5 aromatic rings. The molecule has 101 heavy (non-hydrogen) atoms. The average Bonchev–Trinajstić information content (AvgIpc) is 0.767. The Morgan fingerprint density at radius 3 is 1.92 bits per heavy atom. The van der Waals surface area contributed by atoms with Gasteiger partial charge in [0.15, 0.2) is 29.9 Å². The van der Waals surface area contributed by atoms with Gasteiger partial charge in [0.25, 0.3) is 0 Å². The zero-order valence-electron chi connectivity index (χ0n) is 54.0. The number of aromatic hydroxyl groups is 3. The number of benzene rings is 5. The van der Waals surface area contributed by atoms with Gasteiger partial charge in [-0.1, -0.05) is 47.0 Å². The van der Waals surface area contributed by atoms with E-state index >= 15 is 14.4 Å². The standard InChI is InChI=1S/C66H73Cl2N9O24/c1-23(2)12-34(71-5)58(88)76-49-51(83)26-7-10-38(32(67)14-26)97-40-16-28-17-41(55(40)101-65-56(54(86)53(85)42(22-78)99-65)100-44-21-66(4,70)57(87)24(3)96-44)98-39-11-8-27(15-33(39)68)52(84)50-63(93)75-48(64(94)95)31-18-29(79)19-37(81)45(31)30-13-25(6-9-36(30)80)46(60(90)77-50)74-61(91)47(28)73-59(89)35(20-43(69)82)72-62(49)92/h6-11,13-19,24,34-35,42,44,46-54,56-57,65,71,78-81,83-87H,1,12,20-22,70H2,2-5H3,(H2,69,82)(H,72,92)(H,73,89)(H,74,91)(H,75,93)(H,76,88)(H,77,90)(H,94,95)/t24-,34+,35-,42+,44-,46+,47+,48-,49+,50-,51+,52+,53+,54-,56+,57+,65-,66-/m0/s1. The second-order valence-electron chi connectivity index (χ2n) is 25.2. The SMILES string of the molecule is C=C(C)C[C@@H](NC)C(=O)N[C@H]1C(=O)N[C@@H](CC(N)=O)C(=O)N[C@H]2C(=O)N[C@H]3C(=O)N[C@H](C(=O)N[C@H](C(=O)O)c4cc(O)cc(O)c4-c4cc3ccc4O)[C@H](O)c3ccc(c(Cl)c3)Oc3cc2cc(c3O[C@@H]2O[C@H](CO)[C@@H](O)[C@H](O)[C@H]2O[C@H]2C[C@](C)(N)[C@H](O)[C@H](C)O2)Oc2ccc(cc2Cl)[C@H]1O. The molecule has 7 aliphatic rings. The smallest absolute Gasteiger partial charge is 0.330 e. The predicted octanol–water partition coefficient (Wildman–Crippen LogP) is 0.0263. The summed E-state index contributed by atoms with van der Waals surface area (Å²) in [6.45, 7) is 7.48. The number of halogens is 2. The number of aliphatic hydroxyl groups is 6. The number of carbonyl (C=O) groups excluding carboxylic acids is 7. The van der Waals surface area contributed by atoms with E-state index in [1.165, 1.54) is 33.0 Å². The summed E-state index contributed by atoms with van der Waals surface area (Å²) in [5.74, 6) is -16.1. The van der Waals surface area contributed by atoms with Crippen molar-refractivity contribution in [2.75, 3.05) is 13.7 Å². The van der Waals surface area contributed by atoms with Crippen molar-refractivity contribution in [3.63, 3.8) is 0 Å². The highest BCUT2D eigenvalue weighted by atomic mass is 35.5. The molecule has 12 rings (SSSR count). The Hall–Kier alpha value is -9.46. The van der Waals surface area contributed by atoms with Crippen molar-refractivity contribution in [2.24, 2.45) is 11.5 Å². The van der Waals surface area contributed by atoms with Crippen molar-refractivity contribution < 1.29 is 118 Å². The summed E-state index contributed by atoms with van der Waals surface area (Å²) >= 11 is 14.1. The minimum absolute atomic E-state index is 0.0151. The number of ether oxygens (including phenoxy) is 6. The van der Waals surface area contributed by atoms with Crippen LogP contribution in [0.2, 0.25) is 10.0 Å². The average molecular weight is 1450 g/mol. The molecule has 33 nitrogen and oxygen atoms in total. The highest BCUT2D eigenvalue weighted by Crippen LogP contribution is 2.50. The lowest BCUT2D eigenvalue weighted by atomic mass is 9.86. The molecule has 0 spiro atoms. The Morgan fingerprint density at radius 1 is 0.733 bits per heavy atom. The van der Waals surface area contributed by atoms with E-state index in [9.17, 15) is 75.0 Å². The first-order valence-electron chi connectivity index (χ1n) is 31.3. The fourth-order valence-corrected chi connectivity index (χ4v) is 12.8. The number of rotatable bonds is 13. The summed E-state index contributed by atoms with van der Waals surface area (Å²) in [5.41, 5.74) is 8.47. The highest BCUT2D eigenvalue weighted by molar-refractivity contribution is 6.32. The van der Waals surface area contributed by atoms with Crippen LogP contribution in [0, 0.1) is 0 Å². The molecule has 0 unspecified atom stereocenters. The lowest BCUT2D eigenvalue weighted by Crippen LogP contribution is -2.64. The van der Waals surface area contributed by atoms with Crippen molar-refractivity contribution in [3.05, 3.63) is 129 Å². The number of aliphatic carboxylic acids is 1. The maximum Gasteiger partial charge on any atom is 0.330 e. The van der Waals surface area contributed by atoms with Crippen molar-refractivity contribution in [3.8, 4) is 57.1 Å². The van der Waals surface area contributed by atoms with Gasteiger partial charge in [-0.25, -0.2) is 4.79 Å². The number of hydrogen-bond acceptors (Lipinski definition) is 25. The predicted molar refractivity (Wildman–Crippen MR) is 349 cm³/mol. The molecule has 0 aromatic heterocycles. The first-order chi connectivity index (χ1) is 47.7. The van der Waals surface area contributed by atoms with E-state index in [1.54, 1.807) is 6.92 Å². The third-order valence-electron chi connectivity index (χ3n) is 17.6. The molecule has 2 saturated heterocycles. The van der Waals surface area contributed by atoms with Gasteiger partial charge >= 0.3 is 5.97 Å². The van der Waals surface area contributed by atoms with Gasteiger partial charge in [-0.05, 0) is 111 Å². The number of nitrogens with two attached hydrogens (primary N) is 2. The monoisotopic (exact) mass is 1450 g/mol. The lowest BCUT2D eigenvalue weighted by Gasteiger charge is -2.47. The number of hydrogen-bond donors (Lipinski definition) is 19. The Kier molecular flexibility index (Phi) is 22.1. The van der Waals surface area contributed by atoms with Crippen molar-refractivity contribution >= 4 is 70.5 Å². The number of carboxylic acids is 1. The van der Waals surface area contributed by atoms with Crippen LogP contribution in [0.4, 0.5) is 0 Å². The molecule has 7 amide bonds. The molecule has 18 atom stereocenters. The number of phenols is 3. The summed E-state index contributed by atoms with van der Waals surface area (Å²) < 4.78 is 38.3. The molecule has 7 aliphatic heterocycles. The Bertz CT molecular complexity index is 4130. The molecule has 21 N–H and O–H groups in total. The number of carbonyl (C=O) groups is 8. The van der Waals surface area contributed by atoms with Crippen LogP contribution >= 0.6 is 23.2 Å². The van der Waals surface area contributed by atoms with Gasteiger partial charge in [0.2, 0.25) is 53.4 Å². The molecular weight excluding hydrogens is 1370 g/mol. The zero-order valence-corrected chi connectivity index (χ0v) is 55.5. The Morgan fingerprint density at radius 2 is 1.34 bits per heavy atom. The van der Waals surface area contributed by atoms with Gasteiger partial charge < -0.3 is 128 Å². The quantitative estimate of drug-likeness (QED) is 0.0691. The number of carboxylic acid groups (broad SMARTS) is 1. The van der Waals surface area contributed by atoms with Crippen LogP contribution in [0.1, 0.15) is 98.2 Å². The van der Waals surface area contributed by atoms with E-state index in [2.05, 4.69) is 43.8 Å². The molecule has 35 heteroatoms. The largest absolute Gasteiger partial charge is 0.508 e. The van der Waals surface area contributed by atoms with Gasteiger partial charge in [-0.3, -0.25) is 33.6 Å². The minimum Gasteiger partial charge on any atom is -0.508 e. The van der Waals surface area contributed by atoms with Crippen molar-refractivity contribution in [2.45, 2.75) is 149 Å². The Balaban J connectivity index is 1.24. The van der Waals surface area contributed by atoms with Gasteiger partial charge in [0.05, 0.1) is 41.3 Å². The zero-order chi connectivity index (χ0) is 73.5. The molecular formula is C66H73Cl2N9O24. The van der Waals surface area contributed by atoms with E-state index in [4.69, 9.17) is 63.1 Å². The van der Waals surface area contributed by atoms with Crippen LogP contribution in [0.3, 0.4) is 0 Å². The van der Waals surface area contributed by atoms with Gasteiger partial charge in [0.1, 0.15) is 89.5 Å². The maximum absolute atomic E-state index is 16.0. The number of primary amides is 1. The van der Waals surface area contributed by atoms with Gasteiger partial charge in [0, 0.05) is 34.7 Å². The molecule has 5 aromatic carbocycles. The van der Waals surface area contributed by atoms with Crippen LogP contribution in [-0.2, 0) is 52.6 Å². The number of aliphatic hydroxyl groups excluding tert-OH is 6. The van der Waals surface area contributed by atoms with Crippen LogP contribution in [0.25, 0.3) is 11.1 Å². The van der Waals surface area contributed by atoms with E-state index in [0.717, 1.165) is 66.7 Å². The maximum atomic E-state index is 16.0. The molecule has 2 fully saturated rings. The molecule has 540 valence electrons. The fourth-order valence-electron chi connectivity index (χ4n) is 12.3. The number of amides is 7. The molecule has 0 aliphatic carbocycles. The lowest BCUT2D eigenvalue weighted by molar-refractivity contribution is -0.333. The number of likely N-dealkylation sites (N-methyl/N-ethyl adjacent to an activating group) is 1. The molecule has 0 radical (unpaired) electrons. The fraction of sp³-hybridized carbons (Fsp3) is 0.394. The first-order valence-corrected chi connectivity index (χ1v) is 32.0. The highest BCUT2D eigenvalue weighted by Gasteiger charge is 2.51. The van der Waals surface area contributed by atoms with Crippen LogP contribution in [0.15, 0.2) is 91.0 Å². The van der Waals surface area contributed by atoms with Gasteiger partial charge in [-0.15, -0.1) is 6.58 Å². The van der Waals surface area contributed by atoms with Crippen LogP contribution in [0.5, 0.6) is 46.0 Å². The second-order valence-corrected chi connectivity index (χ2v) is 26.1. The summed E-state index contributed by atoms with van der Waals surface area (Å²) in [6, 6.07) is -0.923. The van der Waals surface area contributed by atoms with Crippen LogP contribution in [-0.4, -0.2) is 191 Å². The topological polar surface area (TPSA) is 530 Å². The van der Waals surface area contributed by atoms with Crippen LogP contribution < -0.4 is 62.9 Å². The number of fused-ring (bicyclic) bond motifs is 15. The van der Waals surface area contributed by atoms with Crippen molar-refractivity contribution in [1.29, 1.82) is 0 Å². The summed E-state index contributed by atoms with van der Waals surface area (Å²) in [7, 11) is 1.43.